The molecule has 3 heterocycles. The van der Waals surface area contributed by atoms with Gasteiger partial charge in [0, 0.05) is 44.4 Å². The molecule has 28 heavy (non-hydrogen) atoms. The van der Waals surface area contributed by atoms with Crippen molar-refractivity contribution in [3.8, 4) is 5.75 Å². The average Bonchev–Trinajstić information content (AvgIpc) is 2.73. The zero-order valence-corrected chi connectivity index (χ0v) is 16.1. The molecule has 2 aliphatic rings. The van der Waals surface area contributed by atoms with Crippen molar-refractivity contribution in [2.45, 2.75) is 19.8 Å². The number of ether oxygens (including phenoxy) is 1. The van der Waals surface area contributed by atoms with Gasteiger partial charge in [0.25, 0.3) is 5.91 Å². The second kappa shape index (κ2) is 7.46. The van der Waals surface area contributed by atoms with Crippen LogP contribution in [0, 0.1) is 6.92 Å². The van der Waals surface area contributed by atoms with Gasteiger partial charge in [-0.1, -0.05) is 12.1 Å². The van der Waals surface area contributed by atoms with Gasteiger partial charge in [-0.05, 0) is 24.6 Å². The van der Waals surface area contributed by atoms with E-state index in [-0.39, 0.29) is 11.8 Å². The number of carbonyl (C=O) groups is 2. The van der Waals surface area contributed by atoms with Crippen LogP contribution in [0.4, 0.5) is 5.82 Å². The smallest absolute Gasteiger partial charge is 0.270 e. The number of benzene rings is 1. The molecule has 0 bridgehead atoms. The zero-order chi connectivity index (χ0) is 19.7. The molecule has 0 unspecified atom stereocenters. The molecule has 0 saturated carbocycles. The molecule has 0 spiro atoms. The maximum atomic E-state index is 12.6. The van der Waals surface area contributed by atoms with Gasteiger partial charge in [0.15, 0.2) is 0 Å². The van der Waals surface area contributed by atoms with Crippen LogP contribution in [0.5, 0.6) is 5.75 Å². The van der Waals surface area contributed by atoms with Gasteiger partial charge in [-0.2, -0.15) is 5.10 Å². The van der Waals surface area contributed by atoms with Crippen LogP contribution in [0.25, 0.3) is 10.9 Å². The minimum Gasteiger partial charge on any atom is -0.494 e. The van der Waals surface area contributed by atoms with E-state index in [0.29, 0.717) is 44.7 Å². The highest BCUT2D eigenvalue weighted by Gasteiger charge is 2.27. The number of carbonyl (C=O) groups excluding carboxylic acids is 2. The topological polar surface area (TPSA) is 87.1 Å². The first-order valence-corrected chi connectivity index (χ1v) is 9.41. The molecule has 0 radical (unpaired) electrons. The number of hydrogen-bond acceptors (Lipinski definition) is 6. The summed E-state index contributed by atoms with van der Waals surface area (Å²) in [6.07, 6.45) is 0.711. The number of amides is 2. The Labute approximate surface area is 163 Å². The van der Waals surface area contributed by atoms with Crippen LogP contribution in [0.3, 0.4) is 0 Å². The van der Waals surface area contributed by atoms with Gasteiger partial charge in [0.1, 0.15) is 22.8 Å². The van der Waals surface area contributed by atoms with Crippen molar-refractivity contribution < 1.29 is 14.3 Å². The van der Waals surface area contributed by atoms with Crippen molar-refractivity contribution in [3.63, 3.8) is 0 Å². The summed E-state index contributed by atoms with van der Waals surface area (Å²) in [6.45, 7) is 4.65. The van der Waals surface area contributed by atoms with Crippen LogP contribution < -0.4 is 15.1 Å². The third-order valence-corrected chi connectivity index (χ3v) is 5.26. The molecule has 8 heteroatoms. The lowest BCUT2D eigenvalue weighted by molar-refractivity contribution is -0.124. The Morgan fingerprint density at radius 1 is 1.18 bits per heavy atom. The Morgan fingerprint density at radius 2 is 1.96 bits per heavy atom. The SMILES string of the molecule is COc1cccc2c(C)cc(N3CCN(C(=O)C4=NNC(=O)CC4)CC3)nc12. The molecule has 1 saturated heterocycles. The van der Waals surface area contributed by atoms with Crippen molar-refractivity contribution in [2.24, 2.45) is 5.10 Å². The van der Waals surface area contributed by atoms with E-state index in [4.69, 9.17) is 9.72 Å². The molecule has 1 aromatic heterocycles. The summed E-state index contributed by atoms with van der Waals surface area (Å²) in [5.74, 6) is 1.41. The van der Waals surface area contributed by atoms with Crippen LogP contribution in [0.1, 0.15) is 18.4 Å². The molecular weight excluding hydrogens is 358 g/mol. The zero-order valence-electron chi connectivity index (χ0n) is 16.1. The second-order valence-electron chi connectivity index (χ2n) is 7.03. The van der Waals surface area contributed by atoms with E-state index in [1.807, 2.05) is 18.2 Å². The minimum absolute atomic E-state index is 0.0935. The maximum absolute atomic E-state index is 12.6. The third kappa shape index (κ3) is 3.37. The van der Waals surface area contributed by atoms with Gasteiger partial charge < -0.3 is 14.5 Å². The first kappa shape index (κ1) is 18.2. The molecular formula is C20H23N5O3. The Balaban J connectivity index is 1.49. The fourth-order valence-corrected chi connectivity index (χ4v) is 3.65. The maximum Gasteiger partial charge on any atom is 0.270 e. The molecule has 1 N–H and O–H groups in total. The molecule has 8 nitrogen and oxygen atoms in total. The molecule has 0 aliphatic carbocycles. The fraction of sp³-hybridized carbons (Fsp3) is 0.400. The van der Waals surface area contributed by atoms with Crippen LogP contribution in [-0.4, -0.2) is 60.7 Å². The highest BCUT2D eigenvalue weighted by molar-refractivity contribution is 6.39. The molecule has 0 atom stereocenters. The predicted octanol–water partition coefficient (Wildman–Crippen LogP) is 1.47. The van der Waals surface area contributed by atoms with Gasteiger partial charge >= 0.3 is 0 Å². The highest BCUT2D eigenvalue weighted by atomic mass is 16.5. The molecule has 2 amide bonds. The number of para-hydroxylation sites is 1. The number of aryl methyl sites for hydroxylation is 1. The number of aromatic nitrogens is 1. The number of nitrogens with zero attached hydrogens (tertiary/aromatic N) is 4. The summed E-state index contributed by atoms with van der Waals surface area (Å²) in [7, 11) is 1.65. The molecule has 2 aromatic rings. The van der Waals surface area contributed by atoms with Gasteiger partial charge in [-0.25, -0.2) is 10.4 Å². The van der Waals surface area contributed by atoms with Crippen molar-refractivity contribution >= 4 is 34.2 Å². The number of methoxy groups -OCH3 is 1. The Hall–Kier alpha value is -3.16. The Kier molecular flexibility index (Phi) is 4.85. The quantitative estimate of drug-likeness (QED) is 0.870. The predicted molar refractivity (Wildman–Crippen MR) is 107 cm³/mol. The molecule has 1 aromatic carbocycles. The number of hydrazone groups is 1. The lowest BCUT2D eigenvalue weighted by Gasteiger charge is -2.36. The monoisotopic (exact) mass is 381 g/mol. The van der Waals surface area contributed by atoms with E-state index >= 15 is 0 Å². The normalized spacial score (nSPS) is 17.4. The van der Waals surface area contributed by atoms with Crippen molar-refractivity contribution in [1.29, 1.82) is 0 Å². The number of nitrogens with one attached hydrogen (secondary N) is 1. The number of fused-ring (bicyclic) bond motifs is 1. The number of hydrogen-bond donors (Lipinski definition) is 1. The van der Waals surface area contributed by atoms with Gasteiger partial charge in [-0.15, -0.1) is 0 Å². The van der Waals surface area contributed by atoms with Crippen LogP contribution in [0.15, 0.2) is 29.4 Å². The van der Waals surface area contributed by atoms with Crippen LogP contribution in [0.2, 0.25) is 0 Å². The van der Waals surface area contributed by atoms with Gasteiger partial charge in [-0.3, -0.25) is 9.59 Å². The van der Waals surface area contributed by atoms with Gasteiger partial charge in [0.2, 0.25) is 5.91 Å². The number of rotatable bonds is 3. The summed E-state index contributed by atoms with van der Waals surface area (Å²) in [5.41, 5.74) is 4.81. The Morgan fingerprint density at radius 3 is 2.64 bits per heavy atom. The lowest BCUT2D eigenvalue weighted by atomic mass is 10.1. The van der Waals surface area contributed by atoms with Crippen LogP contribution >= 0.6 is 0 Å². The van der Waals surface area contributed by atoms with E-state index in [9.17, 15) is 9.59 Å². The van der Waals surface area contributed by atoms with E-state index in [1.54, 1.807) is 12.0 Å². The first-order chi connectivity index (χ1) is 13.6. The number of piperazine rings is 1. The van der Waals surface area contributed by atoms with E-state index in [1.165, 1.54) is 0 Å². The lowest BCUT2D eigenvalue weighted by Crippen LogP contribution is -2.51. The summed E-state index contributed by atoms with van der Waals surface area (Å²) in [5, 5.41) is 4.99. The first-order valence-electron chi connectivity index (χ1n) is 9.41. The second-order valence-corrected chi connectivity index (χ2v) is 7.03. The van der Waals surface area contributed by atoms with E-state index in [0.717, 1.165) is 28.0 Å². The van der Waals surface area contributed by atoms with Crippen molar-refractivity contribution in [1.82, 2.24) is 15.3 Å². The third-order valence-electron chi connectivity index (χ3n) is 5.26. The standard InChI is InChI=1S/C20H23N5O3/c1-13-12-17(21-19-14(13)4-3-5-16(19)28-2)24-8-10-25(11-9-24)20(27)15-6-7-18(26)23-22-15/h3-5,12H,6-11H2,1-2H3,(H,23,26). The number of pyridine rings is 1. The molecule has 1 fully saturated rings. The number of anilines is 1. The van der Waals surface area contributed by atoms with E-state index in [2.05, 4.69) is 28.4 Å². The summed E-state index contributed by atoms with van der Waals surface area (Å²) in [4.78, 5) is 32.6. The van der Waals surface area contributed by atoms with Crippen molar-refractivity contribution in [3.05, 3.63) is 29.8 Å². The van der Waals surface area contributed by atoms with Crippen molar-refractivity contribution in [2.75, 3.05) is 38.2 Å². The minimum atomic E-state index is -0.144. The van der Waals surface area contributed by atoms with E-state index < -0.39 is 0 Å². The van der Waals surface area contributed by atoms with Crippen LogP contribution in [-0.2, 0) is 9.59 Å². The molecule has 4 rings (SSSR count). The summed E-state index contributed by atoms with van der Waals surface area (Å²) in [6, 6.07) is 8.01. The Bertz CT molecular complexity index is 964. The summed E-state index contributed by atoms with van der Waals surface area (Å²) >= 11 is 0. The largest absolute Gasteiger partial charge is 0.494 e. The average molecular weight is 381 g/mol. The fourth-order valence-electron chi connectivity index (χ4n) is 3.65. The summed E-state index contributed by atoms with van der Waals surface area (Å²) < 4.78 is 5.47. The highest BCUT2D eigenvalue weighted by Crippen LogP contribution is 2.29. The molecule has 2 aliphatic heterocycles. The molecule has 146 valence electrons. The van der Waals surface area contributed by atoms with Gasteiger partial charge in [0.05, 0.1) is 7.11 Å².